The summed E-state index contributed by atoms with van der Waals surface area (Å²) in [6, 6.07) is 2.76. The van der Waals surface area contributed by atoms with Gasteiger partial charge in [-0.3, -0.25) is 0 Å². The van der Waals surface area contributed by atoms with Crippen molar-refractivity contribution in [3.05, 3.63) is 35.1 Å². The fraction of sp³-hybridized carbons (Fsp3) is 0.600. The summed E-state index contributed by atoms with van der Waals surface area (Å²) in [5, 5.41) is 3.16. The molecular formula is C15H19F4NO. The Balaban J connectivity index is 2.41. The van der Waals surface area contributed by atoms with Crippen molar-refractivity contribution in [3.8, 4) is 0 Å². The number of ether oxygens (including phenoxy) is 1. The molecule has 0 aliphatic carbocycles. The summed E-state index contributed by atoms with van der Waals surface area (Å²) >= 11 is 0. The molecule has 1 aliphatic heterocycles. The molecule has 0 radical (unpaired) electrons. The SMILES string of the molecule is CCNC(c1ccc(F)c(C(F)(F)F)c1)C1(C)CCCO1. The smallest absolute Gasteiger partial charge is 0.373 e. The van der Waals surface area contributed by atoms with Crippen LogP contribution in [0.3, 0.4) is 0 Å². The normalized spacial score (nSPS) is 24.3. The van der Waals surface area contributed by atoms with Crippen LogP contribution in [0.5, 0.6) is 0 Å². The molecule has 118 valence electrons. The Bertz CT molecular complexity index is 495. The Morgan fingerprint density at radius 1 is 1.38 bits per heavy atom. The molecule has 0 aromatic heterocycles. The number of rotatable bonds is 4. The molecule has 1 N–H and O–H groups in total. The Hall–Kier alpha value is -1.14. The van der Waals surface area contributed by atoms with Gasteiger partial charge in [0.05, 0.1) is 17.2 Å². The van der Waals surface area contributed by atoms with E-state index < -0.39 is 29.2 Å². The van der Waals surface area contributed by atoms with E-state index in [9.17, 15) is 17.6 Å². The van der Waals surface area contributed by atoms with E-state index >= 15 is 0 Å². The van der Waals surface area contributed by atoms with Crippen LogP contribution in [-0.4, -0.2) is 18.8 Å². The van der Waals surface area contributed by atoms with Gasteiger partial charge in [0.15, 0.2) is 0 Å². The van der Waals surface area contributed by atoms with Crippen LogP contribution in [0.2, 0.25) is 0 Å². The summed E-state index contributed by atoms with van der Waals surface area (Å²) in [5.74, 6) is -1.25. The zero-order valence-corrected chi connectivity index (χ0v) is 12.1. The fourth-order valence-corrected chi connectivity index (χ4v) is 2.86. The zero-order valence-electron chi connectivity index (χ0n) is 12.1. The minimum Gasteiger partial charge on any atom is -0.373 e. The van der Waals surface area contributed by atoms with Crippen LogP contribution in [0.1, 0.15) is 43.9 Å². The first kappa shape index (κ1) is 16.2. The van der Waals surface area contributed by atoms with Crippen molar-refractivity contribution in [1.29, 1.82) is 0 Å². The highest BCUT2D eigenvalue weighted by Gasteiger charge is 2.41. The third-order valence-electron chi connectivity index (χ3n) is 3.90. The van der Waals surface area contributed by atoms with Crippen molar-refractivity contribution in [2.75, 3.05) is 13.2 Å². The molecule has 0 saturated carbocycles. The van der Waals surface area contributed by atoms with Crippen molar-refractivity contribution in [3.63, 3.8) is 0 Å². The second-order valence-electron chi connectivity index (χ2n) is 5.49. The maximum absolute atomic E-state index is 13.4. The quantitative estimate of drug-likeness (QED) is 0.847. The third kappa shape index (κ3) is 3.37. The molecule has 21 heavy (non-hydrogen) atoms. The van der Waals surface area contributed by atoms with E-state index in [0.717, 1.165) is 25.0 Å². The summed E-state index contributed by atoms with van der Waals surface area (Å²) in [6.07, 6.45) is -3.08. The lowest BCUT2D eigenvalue weighted by molar-refractivity contribution is -0.140. The van der Waals surface area contributed by atoms with Gasteiger partial charge in [0.25, 0.3) is 0 Å². The number of benzene rings is 1. The molecule has 1 heterocycles. The molecule has 1 saturated heterocycles. The molecule has 1 aromatic rings. The second-order valence-corrected chi connectivity index (χ2v) is 5.49. The van der Waals surface area contributed by atoms with Gasteiger partial charge >= 0.3 is 6.18 Å². The average Bonchev–Trinajstić information content (AvgIpc) is 2.83. The number of hydrogen-bond acceptors (Lipinski definition) is 2. The summed E-state index contributed by atoms with van der Waals surface area (Å²) in [7, 11) is 0. The van der Waals surface area contributed by atoms with Gasteiger partial charge in [-0.05, 0) is 44.0 Å². The molecule has 2 rings (SSSR count). The molecule has 0 amide bonds. The highest BCUT2D eigenvalue weighted by molar-refractivity contribution is 5.31. The first-order chi connectivity index (χ1) is 9.78. The van der Waals surface area contributed by atoms with Gasteiger partial charge in [0.1, 0.15) is 5.82 Å². The van der Waals surface area contributed by atoms with Crippen molar-refractivity contribution in [2.45, 2.75) is 44.5 Å². The van der Waals surface area contributed by atoms with E-state index in [1.807, 2.05) is 13.8 Å². The largest absolute Gasteiger partial charge is 0.419 e. The average molecular weight is 305 g/mol. The van der Waals surface area contributed by atoms with Crippen molar-refractivity contribution in [1.82, 2.24) is 5.32 Å². The number of hydrogen-bond donors (Lipinski definition) is 1. The molecule has 1 fully saturated rings. The zero-order chi connectivity index (χ0) is 15.7. The molecule has 2 unspecified atom stereocenters. The van der Waals surface area contributed by atoms with E-state index in [1.54, 1.807) is 0 Å². The minimum atomic E-state index is -4.70. The maximum atomic E-state index is 13.4. The lowest BCUT2D eigenvalue weighted by Gasteiger charge is -2.34. The van der Waals surface area contributed by atoms with Crippen LogP contribution >= 0.6 is 0 Å². The van der Waals surface area contributed by atoms with Crippen LogP contribution in [-0.2, 0) is 10.9 Å². The highest BCUT2D eigenvalue weighted by Crippen LogP contribution is 2.39. The van der Waals surface area contributed by atoms with Crippen molar-refractivity contribution >= 4 is 0 Å². The second kappa shape index (κ2) is 5.93. The predicted octanol–water partition coefficient (Wildman–Crippen LogP) is 4.06. The minimum absolute atomic E-state index is 0.397. The monoisotopic (exact) mass is 305 g/mol. The Morgan fingerprint density at radius 3 is 2.62 bits per heavy atom. The van der Waals surface area contributed by atoms with E-state index in [2.05, 4.69) is 5.32 Å². The third-order valence-corrected chi connectivity index (χ3v) is 3.90. The first-order valence-corrected chi connectivity index (χ1v) is 7.02. The number of halogens is 4. The molecule has 0 spiro atoms. The number of likely N-dealkylation sites (N-methyl/N-ethyl adjacent to an activating group) is 1. The lowest BCUT2D eigenvalue weighted by Crippen LogP contribution is -2.41. The molecule has 2 nitrogen and oxygen atoms in total. The molecular weight excluding hydrogens is 286 g/mol. The fourth-order valence-electron chi connectivity index (χ4n) is 2.86. The van der Waals surface area contributed by atoms with Gasteiger partial charge < -0.3 is 10.1 Å². The van der Waals surface area contributed by atoms with E-state index in [1.165, 1.54) is 6.07 Å². The molecule has 6 heteroatoms. The van der Waals surface area contributed by atoms with Crippen LogP contribution in [0.15, 0.2) is 18.2 Å². The van der Waals surface area contributed by atoms with E-state index in [0.29, 0.717) is 18.7 Å². The van der Waals surface area contributed by atoms with Gasteiger partial charge in [0, 0.05) is 6.61 Å². The Morgan fingerprint density at radius 2 is 2.10 bits per heavy atom. The Labute approximate surface area is 121 Å². The predicted molar refractivity (Wildman–Crippen MR) is 71.4 cm³/mol. The Kier molecular flexibility index (Phi) is 4.58. The molecule has 2 atom stereocenters. The summed E-state index contributed by atoms with van der Waals surface area (Å²) in [6.45, 7) is 4.93. The number of nitrogens with one attached hydrogen (secondary N) is 1. The van der Waals surface area contributed by atoms with Gasteiger partial charge in [-0.25, -0.2) is 4.39 Å². The van der Waals surface area contributed by atoms with E-state index in [4.69, 9.17) is 4.74 Å². The number of alkyl halides is 3. The van der Waals surface area contributed by atoms with Gasteiger partial charge in [-0.1, -0.05) is 13.0 Å². The van der Waals surface area contributed by atoms with Gasteiger partial charge in [-0.15, -0.1) is 0 Å². The van der Waals surface area contributed by atoms with Crippen molar-refractivity contribution < 1.29 is 22.3 Å². The highest BCUT2D eigenvalue weighted by atomic mass is 19.4. The van der Waals surface area contributed by atoms with Gasteiger partial charge in [0.2, 0.25) is 0 Å². The maximum Gasteiger partial charge on any atom is 0.419 e. The first-order valence-electron chi connectivity index (χ1n) is 7.02. The summed E-state index contributed by atoms with van der Waals surface area (Å²) in [5.41, 5.74) is -1.41. The molecule has 1 aliphatic rings. The van der Waals surface area contributed by atoms with Gasteiger partial charge in [-0.2, -0.15) is 13.2 Å². The van der Waals surface area contributed by atoms with Crippen LogP contribution in [0.4, 0.5) is 17.6 Å². The standard InChI is InChI=1S/C15H19F4NO/c1-3-20-13(14(2)7-4-8-21-14)10-5-6-12(16)11(9-10)15(17,18)19/h5-6,9,13,20H,3-4,7-8H2,1-2H3. The van der Waals surface area contributed by atoms with E-state index in [-0.39, 0.29) is 0 Å². The van der Waals surface area contributed by atoms with Crippen LogP contribution in [0.25, 0.3) is 0 Å². The molecule has 0 bridgehead atoms. The lowest BCUT2D eigenvalue weighted by atomic mass is 9.87. The van der Waals surface area contributed by atoms with Crippen LogP contribution in [0, 0.1) is 5.82 Å². The topological polar surface area (TPSA) is 21.3 Å². The van der Waals surface area contributed by atoms with Crippen LogP contribution < -0.4 is 5.32 Å². The summed E-state index contributed by atoms with van der Waals surface area (Å²) in [4.78, 5) is 0. The van der Waals surface area contributed by atoms with Crippen molar-refractivity contribution in [2.24, 2.45) is 0 Å². The molecule has 1 aromatic carbocycles. The summed E-state index contributed by atoms with van der Waals surface area (Å²) < 4.78 is 57.7.